The highest BCUT2D eigenvalue weighted by Crippen LogP contribution is 2.24. The van der Waals surface area contributed by atoms with Gasteiger partial charge in [-0.1, -0.05) is 6.92 Å². The second-order valence-electron chi connectivity index (χ2n) is 5.10. The normalized spacial score (nSPS) is 12.2. The van der Waals surface area contributed by atoms with Gasteiger partial charge in [0.05, 0.1) is 24.4 Å². The number of aryl methyl sites for hydroxylation is 1. The van der Waals surface area contributed by atoms with Crippen LogP contribution in [0.3, 0.4) is 0 Å². The van der Waals surface area contributed by atoms with Gasteiger partial charge < -0.3 is 14.8 Å². The van der Waals surface area contributed by atoms with E-state index in [2.05, 4.69) is 10.3 Å². The lowest BCUT2D eigenvalue weighted by Crippen LogP contribution is -2.37. The van der Waals surface area contributed by atoms with Crippen LogP contribution in [0.1, 0.15) is 25.7 Å². The van der Waals surface area contributed by atoms with E-state index in [0.717, 1.165) is 12.1 Å². The lowest BCUT2D eigenvalue weighted by molar-refractivity contribution is -0.122. The molecule has 2 aromatic rings. The molecule has 0 aliphatic carbocycles. The molecule has 0 saturated heterocycles. The first-order chi connectivity index (χ1) is 11.0. The second kappa shape index (κ2) is 7.82. The predicted molar refractivity (Wildman–Crippen MR) is 79.5 cm³/mol. The summed E-state index contributed by atoms with van der Waals surface area (Å²) >= 11 is 0. The molecule has 1 atom stereocenters. The lowest BCUT2D eigenvalue weighted by atomic mass is 10.2. The van der Waals surface area contributed by atoms with Crippen LogP contribution in [0.5, 0.6) is 0 Å². The van der Waals surface area contributed by atoms with Crippen molar-refractivity contribution >= 4 is 5.91 Å². The summed E-state index contributed by atoms with van der Waals surface area (Å²) in [5, 5.41) is 11.7. The van der Waals surface area contributed by atoms with Crippen molar-refractivity contribution in [3.05, 3.63) is 41.9 Å². The van der Waals surface area contributed by atoms with Gasteiger partial charge in [-0.15, -0.1) is 0 Å². The topological polar surface area (TPSA) is 75.4 Å². The van der Waals surface area contributed by atoms with Gasteiger partial charge >= 0.3 is 0 Å². The maximum atomic E-state index is 13.7. The average molecular weight is 324 g/mol. The maximum absolute atomic E-state index is 13.7. The Morgan fingerprint density at radius 1 is 1.43 bits per heavy atom. The van der Waals surface area contributed by atoms with Gasteiger partial charge in [0.25, 0.3) is 0 Å². The number of nitrogens with zero attached hydrogens (tertiary/aromatic N) is 1. The first kappa shape index (κ1) is 17.1. The minimum absolute atomic E-state index is 0.112. The van der Waals surface area contributed by atoms with Crippen molar-refractivity contribution in [1.82, 2.24) is 10.3 Å². The minimum atomic E-state index is -0.737. The van der Waals surface area contributed by atoms with E-state index in [1.165, 1.54) is 12.3 Å². The molecule has 1 aromatic carbocycles. The van der Waals surface area contributed by atoms with E-state index in [4.69, 9.17) is 9.52 Å². The Morgan fingerprint density at radius 3 is 2.87 bits per heavy atom. The number of aliphatic hydroxyl groups is 1. The molecule has 2 rings (SSSR count). The van der Waals surface area contributed by atoms with Gasteiger partial charge in [0.1, 0.15) is 11.6 Å². The molecule has 7 heteroatoms. The Morgan fingerprint density at radius 2 is 2.22 bits per heavy atom. The third-order valence-electron chi connectivity index (χ3n) is 3.39. The van der Waals surface area contributed by atoms with Crippen molar-refractivity contribution in [2.45, 2.75) is 32.2 Å². The van der Waals surface area contributed by atoms with Crippen LogP contribution in [0.25, 0.3) is 11.3 Å². The van der Waals surface area contributed by atoms with Gasteiger partial charge in [0, 0.05) is 18.9 Å². The molecule has 5 nitrogen and oxygen atoms in total. The van der Waals surface area contributed by atoms with Crippen molar-refractivity contribution in [2.75, 3.05) is 6.61 Å². The largest absolute Gasteiger partial charge is 0.441 e. The quantitative estimate of drug-likeness (QED) is 0.820. The number of carbonyl (C=O) groups excluding carboxylic acids is 1. The van der Waals surface area contributed by atoms with Crippen molar-refractivity contribution in [3.63, 3.8) is 0 Å². The smallest absolute Gasteiger partial charge is 0.220 e. The van der Waals surface area contributed by atoms with E-state index in [1.54, 1.807) is 0 Å². The molecule has 0 bridgehead atoms. The third-order valence-corrected chi connectivity index (χ3v) is 3.39. The van der Waals surface area contributed by atoms with Crippen molar-refractivity contribution < 1.29 is 23.1 Å². The number of rotatable bonds is 7. The summed E-state index contributed by atoms with van der Waals surface area (Å²) in [6.07, 6.45) is 2.36. The third kappa shape index (κ3) is 4.59. The molecule has 0 radical (unpaired) electrons. The van der Waals surface area contributed by atoms with Crippen LogP contribution in [-0.4, -0.2) is 28.6 Å². The molecule has 0 saturated carbocycles. The van der Waals surface area contributed by atoms with E-state index in [9.17, 15) is 13.6 Å². The Kier molecular flexibility index (Phi) is 5.81. The lowest BCUT2D eigenvalue weighted by Gasteiger charge is -2.13. The Bertz CT molecular complexity index is 669. The number of benzene rings is 1. The fourth-order valence-electron chi connectivity index (χ4n) is 2.04. The highest BCUT2D eigenvalue weighted by atomic mass is 19.1. The molecule has 1 aromatic heterocycles. The van der Waals surface area contributed by atoms with E-state index in [0.29, 0.717) is 6.42 Å². The van der Waals surface area contributed by atoms with Gasteiger partial charge in [0.2, 0.25) is 5.91 Å². The zero-order valence-electron chi connectivity index (χ0n) is 12.7. The van der Waals surface area contributed by atoms with Crippen molar-refractivity contribution in [2.24, 2.45) is 0 Å². The fraction of sp³-hybridized carbons (Fsp3) is 0.375. The molecule has 1 heterocycles. The summed E-state index contributed by atoms with van der Waals surface area (Å²) in [4.78, 5) is 15.7. The van der Waals surface area contributed by atoms with Crippen LogP contribution in [0.4, 0.5) is 8.78 Å². The Balaban J connectivity index is 1.96. The minimum Gasteiger partial charge on any atom is -0.441 e. The molecule has 0 spiro atoms. The number of nitrogens with one attached hydrogen (secondary N) is 1. The number of carbonyl (C=O) groups is 1. The predicted octanol–water partition coefficient (Wildman–Crippen LogP) is 2.44. The molecule has 0 fully saturated rings. The second-order valence-corrected chi connectivity index (χ2v) is 5.10. The number of halogens is 2. The van der Waals surface area contributed by atoms with E-state index >= 15 is 0 Å². The van der Waals surface area contributed by atoms with E-state index in [1.807, 2.05) is 6.92 Å². The summed E-state index contributed by atoms with van der Waals surface area (Å²) in [5.41, 5.74) is 0.112. The summed E-state index contributed by atoms with van der Waals surface area (Å²) in [6.45, 7) is 1.74. The van der Waals surface area contributed by atoms with Crippen molar-refractivity contribution in [1.29, 1.82) is 0 Å². The van der Waals surface area contributed by atoms with Crippen LogP contribution in [0.2, 0.25) is 0 Å². The number of aromatic nitrogens is 1. The first-order valence-electron chi connectivity index (χ1n) is 7.33. The molecular weight excluding hydrogens is 306 g/mol. The van der Waals surface area contributed by atoms with Crippen LogP contribution in [0.15, 0.2) is 28.8 Å². The zero-order chi connectivity index (χ0) is 16.8. The summed E-state index contributed by atoms with van der Waals surface area (Å²) < 4.78 is 32.0. The standard InChI is InChI=1S/C16H18F2N2O3/c1-2-11(9-21)20-15(22)5-6-16-19-8-14(23-16)12-4-3-10(17)7-13(12)18/h3-4,7-8,11,21H,2,5-6,9H2,1H3,(H,20,22). The molecular formula is C16H18F2N2O3. The number of oxazole rings is 1. The van der Waals surface area contributed by atoms with Crippen LogP contribution < -0.4 is 5.32 Å². The number of hydrogen-bond acceptors (Lipinski definition) is 4. The summed E-state index contributed by atoms with van der Waals surface area (Å²) in [5.74, 6) is -1.16. The summed E-state index contributed by atoms with van der Waals surface area (Å²) in [6, 6.07) is 2.91. The molecule has 0 aliphatic rings. The van der Waals surface area contributed by atoms with Crippen LogP contribution in [-0.2, 0) is 11.2 Å². The van der Waals surface area contributed by atoms with E-state index in [-0.39, 0.29) is 48.6 Å². The van der Waals surface area contributed by atoms with Gasteiger partial charge in [-0.25, -0.2) is 13.8 Å². The SMILES string of the molecule is CCC(CO)NC(=O)CCc1ncc(-c2ccc(F)cc2F)o1. The number of aliphatic hydroxyl groups excluding tert-OH is 1. The highest BCUT2D eigenvalue weighted by molar-refractivity contribution is 5.76. The molecule has 23 heavy (non-hydrogen) atoms. The number of hydrogen-bond donors (Lipinski definition) is 2. The fourth-order valence-corrected chi connectivity index (χ4v) is 2.04. The zero-order valence-corrected chi connectivity index (χ0v) is 12.7. The maximum Gasteiger partial charge on any atom is 0.220 e. The Labute approximate surface area is 132 Å². The van der Waals surface area contributed by atoms with Crippen LogP contribution in [0, 0.1) is 11.6 Å². The van der Waals surface area contributed by atoms with Gasteiger partial charge in [-0.3, -0.25) is 4.79 Å². The van der Waals surface area contributed by atoms with E-state index < -0.39 is 11.6 Å². The molecule has 0 aliphatic heterocycles. The van der Waals surface area contributed by atoms with Crippen molar-refractivity contribution in [3.8, 4) is 11.3 Å². The van der Waals surface area contributed by atoms with Gasteiger partial charge in [0.15, 0.2) is 11.7 Å². The van der Waals surface area contributed by atoms with Crippen LogP contribution >= 0.6 is 0 Å². The first-order valence-corrected chi connectivity index (χ1v) is 7.33. The average Bonchev–Trinajstić information content (AvgIpc) is 2.99. The molecule has 2 N–H and O–H groups in total. The molecule has 124 valence electrons. The molecule has 1 amide bonds. The summed E-state index contributed by atoms with van der Waals surface area (Å²) in [7, 11) is 0. The molecule has 1 unspecified atom stereocenters. The highest BCUT2D eigenvalue weighted by Gasteiger charge is 2.14. The van der Waals surface area contributed by atoms with Gasteiger partial charge in [-0.05, 0) is 18.6 Å². The van der Waals surface area contributed by atoms with Gasteiger partial charge in [-0.2, -0.15) is 0 Å². The number of amides is 1. The Hall–Kier alpha value is -2.28. The monoisotopic (exact) mass is 324 g/mol.